The molecule has 0 aliphatic heterocycles. The summed E-state index contributed by atoms with van der Waals surface area (Å²) in [5, 5.41) is 2.98. The molecule has 3 nitrogen and oxygen atoms in total. The standard InChI is InChI=1S/C16H14ClNO2S/c17-8-14-11-21-16(18-14)13-5-3-12(4-6-13)9-19-10-15-2-1-7-20-15/h1-7,11H,8-10H2. The summed E-state index contributed by atoms with van der Waals surface area (Å²) in [7, 11) is 0. The minimum absolute atomic E-state index is 0.454. The fourth-order valence-electron chi connectivity index (χ4n) is 1.91. The Morgan fingerprint density at radius 1 is 1.14 bits per heavy atom. The van der Waals surface area contributed by atoms with Gasteiger partial charge in [-0.25, -0.2) is 4.98 Å². The molecule has 0 amide bonds. The molecule has 0 aliphatic carbocycles. The Labute approximate surface area is 132 Å². The number of nitrogens with zero attached hydrogens (tertiary/aromatic N) is 1. The summed E-state index contributed by atoms with van der Waals surface area (Å²) in [5.41, 5.74) is 3.15. The van der Waals surface area contributed by atoms with E-state index >= 15 is 0 Å². The number of thiazole rings is 1. The third-order valence-electron chi connectivity index (χ3n) is 2.98. The third-order valence-corrected chi connectivity index (χ3v) is 4.20. The summed E-state index contributed by atoms with van der Waals surface area (Å²) in [6.45, 7) is 1.05. The average Bonchev–Trinajstić information content (AvgIpc) is 3.19. The largest absolute Gasteiger partial charge is 0.467 e. The van der Waals surface area contributed by atoms with Gasteiger partial charge in [0.15, 0.2) is 0 Å². The number of ether oxygens (including phenoxy) is 1. The quantitative estimate of drug-likeness (QED) is 0.609. The first-order valence-electron chi connectivity index (χ1n) is 6.55. The Morgan fingerprint density at radius 2 is 2.00 bits per heavy atom. The number of rotatable bonds is 6. The number of halogens is 1. The van der Waals surface area contributed by atoms with Gasteiger partial charge in [-0.2, -0.15) is 0 Å². The number of furan rings is 1. The molecule has 0 saturated carbocycles. The summed E-state index contributed by atoms with van der Waals surface area (Å²) in [5.74, 6) is 1.29. The molecular formula is C16H14ClNO2S. The Bertz CT molecular complexity index is 677. The van der Waals surface area contributed by atoms with Crippen LogP contribution in [0.2, 0.25) is 0 Å². The highest BCUT2D eigenvalue weighted by atomic mass is 35.5. The van der Waals surface area contributed by atoms with Crippen molar-refractivity contribution in [1.29, 1.82) is 0 Å². The maximum Gasteiger partial charge on any atom is 0.129 e. The SMILES string of the molecule is ClCc1csc(-c2ccc(COCc3ccco3)cc2)n1. The van der Waals surface area contributed by atoms with Crippen molar-refractivity contribution < 1.29 is 9.15 Å². The lowest BCUT2D eigenvalue weighted by Gasteiger charge is -2.03. The molecule has 0 aliphatic rings. The minimum atomic E-state index is 0.454. The van der Waals surface area contributed by atoms with Crippen LogP contribution in [0.5, 0.6) is 0 Å². The lowest BCUT2D eigenvalue weighted by Crippen LogP contribution is -1.93. The normalized spacial score (nSPS) is 10.9. The van der Waals surface area contributed by atoms with Crippen LogP contribution in [0.4, 0.5) is 0 Å². The van der Waals surface area contributed by atoms with Crippen LogP contribution in [-0.4, -0.2) is 4.98 Å². The number of benzene rings is 1. The molecule has 3 rings (SSSR count). The van der Waals surface area contributed by atoms with Gasteiger partial charge in [0.2, 0.25) is 0 Å². The van der Waals surface area contributed by atoms with Gasteiger partial charge in [0.1, 0.15) is 17.4 Å². The maximum atomic E-state index is 5.77. The molecule has 2 aromatic heterocycles. The van der Waals surface area contributed by atoms with E-state index in [9.17, 15) is 0 Å². The van der Waals surface area contributed by atoms with Crippen molar-refractivity contribution in [3.63, 3.8) is 0 Å². The summed E-state index contributed by atoms with van der Waals surface area (Å²) in [4.78, 5) is 4.47. The Morgan fingerprint density at radius 3 is 2.67 bits per heavy atom. The minimum Gasteiger partial charge on any atom is -0.467 e. The highest BCUT2D eigenvalue weighted by Crippen LogP contribution is 2.24. The van der Waals surface area contributed by atoms with Crippen molar-refractivity contribution in [2.45, 2.75) is 19.1 Å². The topological polar surface area (TPSA) is 35.3 Å². The lowest BCUT2D eigenvalue weighted by molar-refractivity contribution is 0.0929. The second kappa shape index (κ2) is 6.89. The first-order valence-corrected chi connectivity index (χ1v) is 7.96. The van der Waals surface area contributed by atoms with Crippen molar-refractivity contribution in [1.82, 2.24) is 4.98 Å². The highest BCUT2D eigenvalue weighted by molar-refractivity contribution is 7.13. The van der Waals surface area contributed by atoms with E-state index in [2.05, 4.69) is 29.2 Å². The molecule has 0 spiro atoms. The molecule has 0 radical (unpaired) electrons. The van der Waals surface area contributed by atoms with Gasteiger partial charge in [0.05, 0.1) is 24.4 Å². The molecule has 21 heavy (non-hydrogen) atoms. The predicted octanol–water partition coefficient (Wildman–Crippen LogP) is 4.86. The van der Waals surface area contributed by atoms with E-state index in [-0.39, 0.29) is 0 Å². The first kappa shape index (κ1) is 14.3. The van der Waals surface area contributed by atoms with Gasteiger partial charge in [0.25, 0.3) is 0 Å². The fourth-order valence-corrected chi connectivity index (χ4v) is 2.96. The van der Waals surface area contributed by atoms with Crippen LogP contribution in [0.1, 0.15) is 17.0 Å². The van der Waals surface area contributed by atoms with Crippen molar-refractivity contribution in [2.24, 2.45) is 0 Å². The highest BCUT2D eigenvalue weighted by Gasteiger charge is 2.04. The van der Waals surface area contributed by atoms with Crippen molar-refractivity contribution in [3.8, 4) is 10.6 Å². The lowest BCUT2D eigenvalue weighted by atomic mass is 10.1. The third kappa shape index (κ3) is 3.73. The molecule has 0 atom stereocenters. The van der Waals surface area contributed by atoms with Crippen LogP contribution in [0.15, 0.2) is 52.5 Å². The smallest absolute Gasteiger partial charge is 0.129 e. The van der Waals surface area contributed by atoms with E-state index in [1.54, 1.807) is 17.6 Å². The summed E-state index contributed by atoms with van der Waals surface area (Å²) in [6.07, 6.45) is 1.65. The first-order chi connectivity index (χ1) is 10.3. The number of aromatic nitrogens is 1. The maximum absolute atomic E-state index is 5.77. The molecule has 0 N–H and O–H groups in total. The van der Waals surface area contributed by atoms with Gasteiger partial charge >= 0.3 is 0 Å². The van der Waals surface area contributed by atoms with Gasteiger partial charge in [-0.3, -0.25) is 0 Å². The molecule has 0 fully saturated rings. The number of hydrogen-bond donors (Lipinski definition) is 0. The van der Waals surface area contributed by atoms with Gasteiger partial charge < -0.3 is 9.15 Å². The molecule has 2 heterocycles. The zero-order valence-electron chi connectivity index (χ0n) is 11.3. The molecule has 0 bridgehead atoms. The van der Waals surface area contributed by atoms with Gasteiger partial charge in [-0.1, -0.05) is 24.3 Å². The van der Waals surface area contributed by atoms with E-state index in [4.69, 9.17) is 20.8 Å². The van der Waals surface area contributed by atoms with E-state index < -0.39 is 0 Å². The van der Waals surface area contributed by atoms with Crippen LogP contribution in [0.3, 0.4) is 0 Å². The van der Waals surface area contributed by atoms with E-state index in [0.29, 0.717) is 19.1 Å². The van der Waals surface area contributed by atoms with Crippen LogP contribution in [-0.2, 0) is 23.8 Å². The molecule has 0 saturated heterocycles. The fraction of sp³-hybridized carbons (Fsp3) is 0.188. The molecular weight excluding hydrogens is 306 g/mol. The molecule has 1 aromatic carbocycles. The van der Waals surface area contributed by atoms with Crippen LogP contribution >= 0.6 is 22.9 Å². The number of hydrogen-bond acceptors (Lipinski definition) is 4. The number of alkyl halides is 1. The Kier molecular flexibility index (Phi) is 4.70. The Hall–Kier alpha value is -1.62. The molecule has 5 heteroatoms. The van der Waals surface area contributed by atoms with E-state index in [0.717, 1.165) is 27.6 Å². The van der Waals surface area contributed by atoms with E-state index in [1.165, 1.54) is 0 Å². The van der Waals surface area contributed by atoms with Gasteiger partial charge in [-0.15, -0.1) is 22.9 Å². The molecule has 3 aromatic rings. The molecule has 108 valence electrons. The van der Waals surface area contributed by atoms with Crippen LogP contribution in [0.25, 0.3) is 10.6 Å². The van der Waals surface area contributed by atoms with Crippen molar-refractivity contribution >= 4 is 22.9 Å². The summed E-state index contributed by atoms with van der Waals surface area (Å²) < 4.78 is 10.8. The van der Waals surface area contributed by atoms with Gasteiger partial charge in [0, 0.05) is 10.9 Å². The van der Waals surface area contributed by atoms with E-state index in [1.807, 2.05) is 17.5 Å². The van der Waals surface area contributed by atoms with Crippen molar-refractivity contribution in [3.05, 3.63) is 65.1 Å². The summed E-state index contributed by atoms with van der Waals surface area (Å²) >= 11 is 7.38. The zero-order chi connectivity index (χ0) is 14.5. The van der Waals surface area contributed by atoms with Crippen LogP contribution in [0, 0.1) is 0 Å². The summed E-state index contributed by atoms with van der Waals surface area (Å²) in [6, 6.07) is 12.0. The second-order valence-corrected chi connectivity index (χ2v) is 5.67. The molecule has 0 unspecified atom stereocenters. The van der Waals surface area contributed by atoms with Gasteiger partial charge in [-0.05, 0) is 17.7 Å². The predicted molar refractivity (Wildman–Crippen MR) is 84.3 cm³/mol. The van der Waals surface area contributed by atoms with Crippen LogP contribution < -0.4 is 0 Å². The monoisotopic (exact) mass is 319 g/mol. The second-order valence-electron chi connectivity index (χ2n) is 4.55. The van der Waals surface area contributed by atoms with Crippen molar-refractivity contribution in [2.75, 3.05) is 0 Å². The average molecular weight is 320 g/mol. The Balaban J connectivity index is 1.58. The zero-order valence-corrected chi connectivity index (χ0v) is 12.9.